The Balaban J connectivity index is 1.68. The Hall–Kier alpha value is -2.34. The normalized spacial score (nSPS) is 15.0. The van der Waals surface area contributed by atoms with Crippen LogP contribution in [0, 0.1) is 0 Å². The van der Waals surface area contributed by atoms with Crippen LogP contribution in [-0.4, -0.2) is 52.8 Å². The lowest BCUT2D eigenvalue weighted by Crippen LogP contribution is -2.37. The highest BCUT2D eigenvalue weighted by Crippen LogP contribution is 2.17. The Kier molecular flexibility index (Phi) is 5.15. The van der Waals surface area contributed by atoms with Gasteiger partial charge < -0.3 is 9.80 Å². The van der Waals surface area contributed by atoms with Gasteiger partial charge in [0.1, 0.15) is 5.69 Å². The fraction of sp³-hybridized carbons (Fsp3) is 0.278. The SMILES string of the molecule is O=C(c1ccccn1)N1CCCN(C(=O)c2ccccc2S)CC1. The first kappa shape index (κ1) is 16.5. The topological polar surface area (TPSA) is 53.5 Å². The first-order valence-electron chi connectivity index (χ1n) is 7.94. The highest BCUT2D eigenvalue weighted by atomic mass is 32.1. The fourth-order valence-corrected chi connectivity index (χ4v) is 3.06. The summed E-state index contributed by atoms with van der Waals surface area (Å²) in [6.45, 7) is 2.28. The zero-order valence-electron chi connectivity index (χ0n) is 13.3. The molecule has 24 heavy (non-hydrogen) atoms. The van der Waals surface area contributed by atoms with Gasteiger partial charge in [-0.3, -0.25) is 14.6 Å². The van der Waals surface area contributed by atoms with Crippen molar-refractivity contribution in [3.8, 4) is 0 Å². The predicted octanol–water partition coefficient (Wildman–Crippen LogP) is 2.36. The molecule has 0 N–H and O–H groups in total. The quantitative estimate of drug-likeness (QED) is 0.853. The standard InChI is InChI=1S/C18H19N3O2S/c22-17(14-6-1-2-8-16(14)24)20-10-5-11-21(13-12-20)18(23)15-7-3-4-9-19-15/h1-4,6-9,24H,5,10-13H2. The van der Waals surface area contributed by atoms with Gasteiger partial charge in [-0.25, -0.2) is 0 Å². The van der Waals surface area contributed by atoms with Gasteiger partial charge in [-0.1, -0.05) is 18.2 Å². The molecule has 0 radical (unpaired) electrons. The van der Waals surface area contributed by atoms with E-state index in [1.54, 1.807) is 40.3 Å². The Bertz CT molecular complexity index is 736. The van der Waals surface area contributed by atoms with Crippen molar-refractivity contribution in [3.05, 3.63) is 59.9 Å². The lowest BCUT2D eigenvalue weighted by molar-refractivity contribution is 0.0714. The molecule has 6 heteroatoms. The van der Waals surface area contributed by atoms with Crippen molar-refractivity contribution in [2.24, 2.45) is 0 Å². The molecule has 2 amide bonds. The third kappa shape index (κ3) is 3.59. The van der Waals surface area contributed by atoms with E-state index in [2.05, 4.69) is 17.6 Å². The third-order valence-electron chi connectivity index (χ3n) is 4.09. The number of thiol groups is 1. The Labute approximate surface area is 146 Å². The molecule has 0 unspecified atom stereocenters. The molecule has 1 aromatic heterocycles. The predicted molar refractivity (Wildman–Crippen MR) is 94.4 cm³/mol. The number of rotatable bonds is 2. The molecule has 1 aliphatic heterocycles. The van der Waals surface area contributed by atoms with Crippen LogP contribution in [0.2, 0.25) is 0 Å². The van der Waals surface area contributed by atoms with E-state index in [-0.39, 0.29) is 11.8 Å². The maximum atomic E-state index is 12.7. The number of hydrogen-bond acceptors (Lipinski definition) is 4. The summed E-state index contributed by atoms with van der Waals surface area (Å²) in [5.41, 5.74) is 1.04. The molecule has 0 spiro atoms. The number of benzene rings is 1. The van der Waals surface area contributed by atoms with Crippen LogP contribution in [0.5, 0.6) is 0 Å². The first-order valence-corrected chi connectivity index (χ1v) is 8.39. The second-order valence-electron chi connectivity index (χ2n) is 5.67. The van der Waals surface area contributed by atoms with Crippen molar-refractivity contribution >= 4 is 24.4 Å². The molecule has 3 rings (SSSR count). The summed E-state index contributed by atoms with van der Waals surface area (Å²) in [6, 6.07) is 12.6. The molecule has 2 aromatic rings. The van der Waals surface area contributed by atoms with E-state index in [1.807, 2.05) is 18.2 Å². The van der Waals surface area contributed by atoms with Crippen LogP contribution in [0.25, 0.3) is 0 Å². The minimum absolute atomic E-state index is 0.0345. The van der Waals surface area contributed by atoms with Gasteiger partial charge in [0, 0.05) is 37.3 Å². The largest absolute Gasteiger partial charge is 0.337 e. The molecule has 1 saturated heterocycles. The van der Waals surface area contributed by atoms with Crippen molar-refractivity contribution in [3.63, 3.8) is 0 Å². The summed E-state index contributed by atoms with van der Waals surface area (Å²) < 4.78 is 0. The van der Waals surface area contributed by atoms with E-state index < -0.39 is 0 Å². The van der Waals surface area contributed by atoms with Gasteiger partial charge in [-0.15, -0.1) is 12.6 Å². The van der Waals surface area contributed by atoms with Crippen LogP contribution in [-0.2, 0) is 0 Å². The van der Waals surface area contributed by atoms with E-state index in [0.29, 0.717) is 42.3 Å². The number of nitrogens with zero attached hydrogens (tertiary/aromatic N) is 3. The minimum atomic E-state index is -0.0838. The number of carbonyl (C=O) groups excluding carboxylic acids is 2. The molecule has 0 bridgehead atoms. The van der Waals surface area contributed by atoms with Crippen molar-refractivity contribution in [2.75, 3.05) is 26.2 Å². The molecule has 1 fully saturated rings. The minimum Gasteiger partial charge on any atom is -0.337 e. The second kappa shape index (κ2) is 7.49. The number of amides is 2. The molecule has 1 aliphatic rings. The summed E-state index contributed by atoms with van der Waals surface area (Å²) in [4.78, 5) is 33.5. The molecule has 0 saturated carbocycles. The van der Waals surface area contributed by atoms with Crippen molar-refractivity contribution in [1.82, 2.24) is 14.8 Å². The Morgan fingerprint density at radius 1 is 0.875 bits per heavy atom. The zero-order valence-corrected chi connectivity index (χ0v) is 14.2. The van der Waals surface area contributed by atoms with Crippen LogP contribution in [0.4, 0.5) is 0 Å². The number of carbonyl (C=O) groups is 2. The molecule has 0 atom stereocenters. The number of aromatic nitrogens is 1. The van der Waals surface area contributed by atoms with E-state index in [1.165, 1.54) is 0 Å². The Morgan fingerprint density at radius 2 is 1.54 bits per heavy atom. The molecular weight excluding hydrogens is 322 g/mol. The van der Waals surface area contributed by atoms with E-state index in [9.17, 15) is 9.59 Å². The highest BCUT2D eigenvalue weighted by molar-refractivity contribution is 7.80. The lowest BCUT2D eigenvalue weighted by Gasteiger charge is -2.22. The van der Waals surface area contributed by atoms with Crippen molar-refractivity contribution in [1.29, 1.82) is 0 Å². The molecule has 5 nitrogen and oxygen atoms in total. The molecule has 2 heterocycles. The zero-order chi connectivity index (χ0) is 16.9. The van der Waals surface area contributed by atoms with Gasteiger partial charge >= 0.3 is 0 Å². The summed E-state index contributed by atoms with van der Waals surface area (Å²) in [5.74, 6) is -0.118. The summed E-state index contributed by atoms with van der Waals surface area (Å²) in [5, 5.41) is 0. The maximum Gasteiger partial charge on any atom is 0.272 e. The monoisotopic (exact) mass is 341 g/mol. The summed E-state index contributed by atoms with van der Waals surface area (Å²) in [7, 11) is 0. The van der Waals surface area contributed by atoms with Crippen molar-refractivity contribution in [2.45, 2.75) is 11.3 Å². The van der Waals surface area contributed by atoms with Crippen LogP contribution in [0.15, 0.2) is 53.6 Å². The average molecular weight is 341 g/mol. The first-order chi connectivity index (χ1) is 11.7. The lowest BCUT2D eigenvalue weighted by atomic mass is 10.2. The highest BCUT2D eigenvalue weighted by Gasteiger charge is 2.24. The molecule has 1 aromatic carbocycles. The summed E-state index contributed by atoms with van der Waals surface area (Å²) in [6.07, 6.45) is 2.36. The van der Waals surface area contributed by atoms with E-state index >= 15 is 0 Å². The van der Waals surface area contributed by atoms with Gasteiger partial charge in [0.05, 0.1) is 5.56 Å². The van der Waals surface area contributed by atoms with E-state index in [0.717, 1.165) is 6.42 Å². The van der Waals surface area contributed by atoms with Gasteiger partial charge in [-0.2, -0.15) is 0 Å². The summed E-state index contributed by atoms with van der Waals surface area (Å²) >= 11 is 4.36. The second-order valence-corrected chi connectivity index (χ2v) is 6.15. The number of hydrogen-bond donors (Lipinski definition) is 1. The van der Waals surface area contributed by atoms with Crippen molar-refractivity contribution < 1.29 is 9.59 Å². The van der Waals surface area contributed by atoms with Gasteiger partial charge in [-0.05, 0) is 30.7 Å². The van der Waals surface area contributed by atoms with Crippen LogP contribution in [0.3, 0.4) is 0 Å². The van der Waals surface area contributed by atoms with E-state index in [4.69, 9.17) is 0 Å². The maximum absolute atomic E-state index is 12.7. The third-order valence-corrected chi connectivity index (χ3v) is 4.48. The average Bonchev–Trinajstić information content (AvgIpc) is 2.88. The Morgan fingerprint density at radius 3 is 2.21 bits per heavy atom. The van der Waals surface area contributed by atoms with Crippen LogP contribution in [0.1, 0.15) is 27.3 Å². The van der Waals surface area contributed by atoms with Crippen LogP contribution < -0.4 is 0 Å². The van der Waals surface area contributed by atoms with Crippen LogP contribution >= 0.6 is 12.6 Å². The molecular formula is C18H19N3O2S. The molecule has 124 valence electrons. The van der Waals surface area contributed by atoms with Gasteiger partial charge in [0.2, 0.25) is 0 Å². The molecule has 0 aliphatic carbocycles. The fourth-order valence-electron chi connectivity index (χ4n) is 2.80. The van der Waals surface area contributed by atoms with Gasteiger partial charge in [0.15, 0.2) is 0 Å². The smallest absolute Gasteiger partial charge is 0.272 e. The van der Waals surface area contributed by atoms with Gasteiger partial charge in [0.25, 0.3) is 11.8 Å². The number of pyridine rings is 1.